The third-order valence-corrected chi connectivity index (χ3v) is 5.18. The Bertz CT molecular complexity index is 937. The van der Waals surface area contributed by atoms with E-state index in [2.05, 4.69) is 14.9 Å². The molecule has 0 aliphatic rings. The van der Waals surface area contributed by atoms with Crippen LogP contribution >= 0.6 is 23.4 Å². The van der Waals surface area contributed by atoms with Crippen LogP contribution in [-0.4, -0.2) is 28.5 Å². The molecule has 9 heteroatoms. The molecular weight excluding hydrogens is 396 g/mol. The lowest BCUT2D eigenvalue weighted by Crippen LogP contribution is -2.03. The Morgan fingerprint density at radius 3 is 2.63 bits per heavy atom. The van der Waals surface area contributed by atoms with Crippen molar-refractivity contribution < 1.29 is 18.3 Å². The number of rotatable bonds is 7. The first kappa shape index (κ1) is 19.4. The molecule has 0 fully saturated rings. The molecule has 0 saturated heterocycles. The average molecular weight is 412 g/mol. The average Bonchev–Trinajstić information content (AvgIpc) is 3.01. The third kappa shape index (κ3) is 4.51. The van der Waals surface area contributed by atoms with Crippen molar-refractivity contribution in [1.82, 2.24) is 14.8 Å². The highest BCUT2D eigenvalue weighted by Gasteiger charge is 2.15. The molecule has 2 aromatic carbocycles. The Labute approximate surface area is 164 Å². The Balaban J connectivity index is 1.75. The number of nitrogens with zero attached hydrogens (tertiary/aromatic N) is 3. The van der Waals surface area contributed by atoms with Gasteiger partial charge in [0.1, 0.15) is 0 Å². The summed E-state index contributed by atoms with van der Waals surface area (Å²) < 4.78 is 36.2. The topological polar surface area (TPSA) is 49.2 Å². The number of thioether (sulfide) groups is 1. The number of aromatic nitrogens is 3. The highest BCUT2D eigenvalue weighted by atomic mass is 35.5. The van der Waals surface area contributed by atoms with Gasteiger partial charge in [-0.15, -0.1) is 10.2 Å². The minimum atomic E-state index is -2.90. The summed E-state index contributed by atoms with van der Waals surface area (Å²) in [4.78, 5) is 0. The van der Waals surface area contributed by atoms with Crippen LogP contribution in [0.3, 0.4) is 0 Å². The lowest BCUT2D eigenvalue weighted by atomic mass is 10.2. The zero-order valence-corrected chi connectivity index (χ0v) is 16.1. The van der Waals surface area contributed by atoms with Crippen LogP contribution in [0.25, 0.3) is 11.4 Å². The van der Waals surface area contributed by atoms with Crippen LogP contribution < -0.4 is 9.47 Å². The molecular formula is C18H16ClF2N3O2S. The Kier molecular flexibility index (Phi) is 6.18. The van der Waals surface area contributed by atoms with Crippen molar-refractivity contribution in [3.05, 3.63) is 53.1 Å². The Hall–Kier alpha value is -2.32. The van der Waals surface area contributed by atoms with Gasteiger partial charge in [0.05, 0.1) is 12.1 Å². The van der Waals surface area contributed by atoms with Crippen molar-refractivity contribution >= 4 is 23.4 Å². The van der Waals surface area contributed by atoms with Gasteiger partial charge in [0, 0.05) is 18.4 Å². The van der Waals surface area contributed by atoms with Gasteiger partial charge in [-0.05, 0) is 29.8 Å². The van der Waals surface area contributed by atoms with Crippen LogP contribution in [0.5, 0.6) is 11.5 Å². The summed E-state index contributed by atoms with van der Waals surface area (Å²) >= 11 is 7.69. The summed E-state index contributed by atoms with van der Waals surface area (Å²) in [7, 11) is 3.27. The quantitative estimate of drug-likeness (QED) is 0.510. The predicted octanol–water partition coefficient (Wildman–Crippen LogP) is 5.04. The smallest absolute Gasteiger partial charge is 0.387 e. The van der Waals surface area contributed by atoms with E-state index in [0.717, 1.165) is 11.1 Å². The molecule has 3 aromatic rings. The molecule has 1 aromatic heterocycles. The predicted molar refractivity (Wildman–Crippen MR) is 101 cm³/mol. The first-order chi connectivity index (χ1) is 13.0. The zero-order chi connectivity index (χ0) is 19.4. The van der Waals surface area contributed by atoms with E-state index in [9.17, 15) is 8.78 Å². The molecule has 0 radical (unpaired) electrons. The molecule has 0 atom stereocenters. The number of alkyl halides is 2. The fourth-order valence-electron chi connectivity index (χ4n) is 2.46. The van der Waals surface area contributed by atoms with Gasteiger partial charge in [-0.1, -0.05) is 41.6 Å². The molecule has 142 valence electrons. The summed E-state index contributed by atoms with van der Waals surface area (Å²) in [6.07, 6.45) is 0. The van der Waals surface area contributed by atoms with Crippen molar-refractivity contribution in [2.75, 3.05) is 7.11 Å². The summed E-state index contributed by atoms with van der Waals surface area (Å²) in [6, 6.07) is 12.3. The van der Waals surface area contributed by atoms with Crippen LogP contribution in [0.4, 0.5) is 8.78 Å². The van der Waals surface area contributed by atoms with Crippen LogP contribution in [0.15, 0.2) is 47.6 Å². The number of methoxy groups -OCH3 is 1. The number of ether oxygens (including phenoxy) is 2. The molecule has 0 aliphatic carbocycles. The van der Waals surface area contributed by atoms with Crippen LogP contribution in [0.1, 0.15) is 5.56 Å². The normalized spacial score (nSPS) is 11.0. The zero-order valence-electron chi connectivity index (χ0n) is 14.5. The molecule has 27 heavy (non-hydrogen) atoms. The standard InChI is InChI=1S/C18H16ClF2N3O2S/c1-24-16(12-5-3-4-6-13(12)19)22-23-18(24)27-10-11-7-8-14(26-17(20)21)15(9-11)25-2/h3-9,17H,10H2,1-2H3. The van der Waals surface area contributed by atoms with Crippen molar-refractivity contribution in [2.24, 2.45) is 7.05 Å². The highest BCUT2D eigenvalue weighted by Crippen LogP contribution is 2.33. The maximum atomic E-state index is 12.4. The van der Waals surface area contributed by atoms with Gasteiger partial charge in [0.25, 0.3) is 0 Å². The highest BCUT2D eigenvalue weighted by molar-refractivity contribution is 7.98. The molecule has 0 saturated carbocycles. The third-order valence-electron chi connectivity index (χ3n) is 3.76. The molecule has 1 heterocycles. The summed E-state index contributed by atoms with van der Waals surface area (Å²) in [5.41, 5.74) is 1.68. The molecule has 0 N–H and O–H groups in total. The monoisotopic (exact) mass is 411 g/mol. The van der Waals surface area contributed by atoms with E-state index in [1.165, 1.54) is 24.9 Å². The second kappa shape index (κ2) is 8.58. The first-order valence-electron chi connectivity index (χ1n) is 7.88. The van der Waals surface area contributed by atoms with Gasteiger partial charge < -0.3 is 14.0 Å². The van der Waals surface area contributed by atoms with Gasteiger partial charge in [-0.25, -0.2) is 0 Å². The van der Waals surface area contributed by atoms with Gasteiger partial charge in [0.15, 0.2) is 22.5 Å². The van der Waals surface area contributed by atoms with Crippen molar-refractivity contribution in [3.63, 3.8) is 0 Å². The van der Waals surface area contributed by atoms with E-state index in [1.807, 2.05) is 29.8 Å². The van der Waals surface area contributed by atoms with Crippen LogP contribution in [0.2, 0.25) is 5.02 Å². The van der Waals surface area contributed by atoms with Crippen molar-refractivity contribution in [1.29, 1.82) is 0 Å². The van der Waals surface area contributed by atoms with Gasteiger partial charge >= 0.3 is 6.61 Å². The summed E-state index contributed by atoms with van der Waals surface area (Å²) in [6.45, 7) is -2.90. The largest absolute Gasteiger partial charge is 0.493 e. The van der Waals surface area contributed by atoms with E-state index < -0.39 is 6.61 Å². The van der Waals surface area contributed by atoms with Crippen LogP contribution in [0, 0.1) is 0 Å². The maximum Gasteiger partial charge on any atom is 0.387 e. The molecule has 0 aliphatic heterocycles. The van der Waals surface area contributed by atoms with Crippen LogP contribution in [-0.2, 0) is 12.8 Å². The molecule has 0 unspecified atom stereocenters. The first-order valence-corrected chi connectivity index (χ1v) is 9.24. The second-order valence-corrected chi connectivity index (χ2v) is 6.85. The fourth-order valence-corrected chi connectivity index (χ4v) is 3.53. The molecule has 0 bridgehead atoms. The molecule has 5 nitrogen and oxygen atoms in total. The van der Waals surface area contributed by atoms with Gasteiger partial charge in [-0.3, -0.25) is 0 Å². The fraction of sp³-hybridized carbons (Fsp3) is 0.222. The SMILES string of the molecule is COc1cc(CSc2nnc(-c3ccccc3Cl)n2C)ccc1OC(F)F. The van der Waals surface area contributed by atoms with E-state index in [4.69, 9.17) is 16.3 Å². The number of hydrogen-bond donors (Lipinski definition) is 0. The minimum absolute atomic E-state index is 0.000846. The summed E-state index contributed by atoms with van der Waals surface area (Å²) in [5.74, 6) is 1.48. The van der Waals surface area contributed by atoms with E-state index in [1.54, 1.807) is 18.2 Å². The Morgan fingerprint density at radius 2 is 1.93 bits per heavy atom. The molecule has 0 amide bonds. The molecule has 3 rings (SSSR count). The second-order valence-electron chi connectivity index (χ2n) is 5.50. The lowest BCUT2D eigenvalue weighted by molar-refractivity contribution is -0.0512. The lowest BCUT2D eigenvalue weighted by Gasteiger charge is -2.11. The van der Waals surface area contributed by atoms with E-state index in [-0.39, 0.29) is 11.5 Å². The van der Waals surface area contributed by atoms with Gasteiger partial charge in [-0.2, -0.15) is 8.78 Å². The maximum absolute atomic E-state index is 12.4. The van der Waals surface area contributed by atoms with Crippen molar-refractivity contribution in [3.8, 4) is 22.9 Å². The minimum Gasteiger partial charge on any atom is -0.493 e. The summed E-state index contributed by atoms with van der Waals surface area (Å²) in [5, 5.41) is 9.74. The van der Waals surface area contributed by atoms with E-state index >= 15 is 0 Å². The number of halogens is 3. The Morgan fingerprint density at radius 1 is 1.15 bits per heavy atom. The molecule has 0 spiro atoms. The number of hydrogen-bond acceptors (Lipinski definition) is 5. The van der Waals surface area contributed by atoms with Gasteiger partial charge in [0.2, 0.25) is 0 Å². The number of benzene rings is 2. The van der Waals surface area contributed by atoms with Crippen molar-refractivity contribution in [2.45, 2.75) is 17.5 Å². The van der Waals surface area contributed by atoms with E-state index in [0.29, 0.717) is 21.8 Å².